The third-order valence-corrected chi connectivity index (χ3v) is 2.43. The van der Waals surface area contributed by atoms with E-state index in [2.05, 4.69) is 6.58 Å². The number of carbonyl (C=O) groups excluding carboxylic acids is 1. The minimum absolute atomic E-state index is 0.00199. The maximum absolute atomic E-state index is 13.6. The van der Waals surface area contributed by atoms with E-state index in [4.69, 9.17) is 10.5 Å². The van der Waals surface area contributed by atoms with Gasteiger partial charge in [-0.1, -0.05) is 6.08 Å². The highest BCUT2D eigenvalue weighted by Crippen LogP contribution is 2.14. The number of nitrogens with two attached hydrogens (primary N) is 1. The summed E-state index contributed by atoms with van der Waals surface area (Å²) >= 11 is 0. The zero-order valence-corrected chi connectivity index (χ0v) is 10.4. The number of halogens is 1. The van der Waals surface area contributed by atoms with Gasteiger partial charge < -0.3 is 15.4 Å². The summed E-state index contributed by atoms with van der Waals surface area (Å²) in [6, 6.07) is 4.02. The summed E-state index contributed by atoms with van der Waals surface area (Å²) in [7, 11) is 1.54. The molecule has 1 amide bonds. The van der Waals surface area contributed by atoms with Crippen molar-refractivity contribution in [1.29, 1.82) is 0 Å². The number of anilines is 1. The van der Waals surface area contributed by atoms with Gasteiger partial charge >= 0.3 is 0 Å². The number of hydrogen-bond acceptors (Lipinski definition) is 3. The Morgan fingerprint density at radius 1 is 1.61 bits per heavy atom. The van der Waals surface area contributed by atoms with Gasteiger partial charge in [0, 0.05) is 25.9 Å². The second kappa shape index (κ2) is 6.76. The van der Waals surface area contributed by atoms with Gasteiger partial charge in [0.15, 0.2) is 0 Å². The van der Waals surface area contributed by atoms with E-state index < -0.39 is 11.7 Å². The number of ether oxygens (including phenoxy) is 1. The molecule has 2 N–H and O–H groups in total. The van der Waals surface area contributed by atoms with Crippen LogP contribution in [0.5, 0.6) is 0 Å². The smallest absolute Gasteiger partial charge is 0.257 e. The zero-order chi connectivity index (χ0) is 13.5. The van der Waals surface area contributed by atoms with Gasteiger partial charge in [0.1, 0.15) is 5.82 Å². The maximum Gasteiger partial charge on any atom is 0.257 e. The van der Waals surface area contributed by atoms with Gasteiger partial charge in [0.2, 0.25) is 0 Å². The summed E-state index contributed by atoms with van der Waals surface area (Å²) in [6.45, 7) is 4.68. The first-order valence-electron chi connectivity index (χ1n) is 5.54. The summed E-state index contributed by atoms with van der Waals surface area (Å²) in [4.78, 5) is 13.6. The summed E-state index contributed by atoms with van der Waals surface area (Å²) in [5.41, 5.74) is 5.73. The second-order valence-electron chi connectivity index (χ2n) is 3.77. The third kappa shape index (κ3) is 3.56. The van der Waals surface area contributed by atoms with Crippen molar-refractivity contribution in [3.63, 3.8) is 0 Å². The van der Waals surface area contributed by atoms with Crippen LogP contribution in [0.2, 0.25) is 0 Å². The minimum Gasteiger partial charge on any atom is -0.399 e. The predicted octanol–water partition coefficient (Wildman–Crippen LogP) is 1.68. The Morgan fingerprint density at radius 3 is 2.89 bits per heavy atom. The number of methoxy groups -OCH3 is 1. The number of hydrogen-bond donors (Lipinski definition) is 1. The SMILES string of the molecule is C=CCN(CCOC)C(=O)c1ccc(N)cc1F. The Balaban J connectivity index is 2.90. The Bertz CT molecular complexity index is 435. The Hall–Kier alpha value is -1.88. The van der Waals surface area contributed by atoms with Gasteiger partial charge in [-0.3, -0.25) is 4.79 Å². The molecule has 0 radical (unpaired) electrons. The minimum atomic E-state index is -0.619. The fourth-order valence-electron chi connectivity index (χ4n) is 1.51. The van der Waals surface area contributed by atoms with Crippen LogP contribution < -0.4 is 5.73 Å². The highest BCUT2D eigenvalue weighted by molar-refractivity contribution is 5.95. The number of nitrogens with zero attached hydrogens (tertiary/aromatic N) is 1. The molecule has 0 atom stereocenters. The van der Waals surface area contributed by atoms with Crippen LogP contribution in [0.3, 0.4) is 0 Å². The molecular formula is C13H17FN2O2. The van der Waals surface area contributed by atoms with Crippen molar-refractivity contribution in [1.82, 2.24) is 4.90 Å². The molecule has 5 heteroatoms. The molecule has 0 saturated heterocycles. The van der Waals surface area contributed by atoms with Crippen LogP contribution in [0.1, 0.15) is 10.4 Å². The molecule has 1 aromatic carbocycles. The molecule has 0 heterocycles. The summed E-state index contributed by atoms with van der Waals surface area (Å²) in [6.07, 6.45) is 1.59. The van der Waals surface area contributed by atoms with E-state index in [1.165, 1.54) is 17.0 Å². The largest absolute Gasteiger partial charge is 0.399 e. The number of carbonyl (C=O) groups is 1. The monoisotopic (exact) mass is 252 g/mol. The quantitative estimate of drug-likeness (QED) is 0.619. The van der Waals surface area contributed by atoms with Gasteiger partial charge in [-0.25, -0.2) is 4.39 Å². The highest BCUT2D eigenvalue weighted by Gasteiger charge is 2.18. The molecule has 0 aromatic heterocycles. The average Bonchev–Trinajstić information content (AvgIpc) is 2.33. The molecule has 18 heavy (non-hydrogen) atoms. The van der Waals surface area contributed by atoms with Crippen LogP contribution in [0, 0.1) is 5.82 Å². The molecule has 0 unspecified atom stereocenters. The lowest BCUT2D eigenvalue weighted by Crippen LogP contribution is -2.34. The van der Waals surface area contributed by atoms with Crippen molar-refractivity contribution in [2.75, 3.05) is 32.5 Å². The Labute approximate surface area is 106 Å². The lowest BCUT2D eigenvalue weighted by molar-refractivity contribution is 0.0713. The molecular weight excluding hydrogens is 235 g/mol. The molecule has 98 valence electrons. The van der Waals surface area contributed by atoms with Crippen LogP contribution in [0.15, 0.2) is 30.9 Å². The zero-order valence-electron chi connectivity index (χ0n) is 10.4. The lowest BCUT2D eigenvalue weighted by Gasteiger charge is -2.21. The number of amides is 1. The number of benzene rings is 1. The van der Waals surface area contributed by atoms with Gasteiger partial charge in [-0.2, -0.15) is 0 Å². The van der Waals surface area contributed by atoms with E-state index in [-0.39, 0.29) is 11.3 Å². The van der Waals surface area contributed by atoms with Crippen LogP contribution in [-0.2, 0) is 4.74 Å². The molecule has 0 aliphatic rings. The first-order chi connectivity index (χ1) is 8.60. The van der Waals surface area contributed by atoms with Crippen molar-refractivity contribution >= 4 is 11.6 Å². The van der Waals surface area contributed by atoms with Gasteiger partial charge in [0.05, 0.1) is 12.2 Å². The average molecular weight is 252 g/mol. The van der Waals surface area contributed by atoms with E-state index in [0.717, 1.165) is 6.07 Å². The van der Waals surface area contributed by atoms with Gasteiger partial charge in [0.25, 0.3) is 5.91 Å². The first-order valence-corrected chi connectivity index (χ1v) is 5.54. The van der Waals surface area contributed by atoms with Crippen LogP contribution in [-0.4, -0.2) is 37.6 Å². The number of nitrogen functional groups attached to an aromatic ring is 1. The molecule has 0 spiro atoms. The van der Waals surface area contributed by atoms with Crippen LogP contribution >= 0.6 is 0 Å². The molecule has 0 fully saturated rings. The van der Waals surface area contributed by atoms with Crippen molar-refractivity contribution in [3.8, 4) is 0 Å². The predicted molar refractivity (Wildman–Crippen MR) is 68.8 cm³/mol. The van der Waals surface area contributed by atoms with Gasteiger partial charge in [-0.05, 0) is 18.2 Å². The topological polar surface area (TPSA) is 55.6 Å². The Kier molecular flexibility index (Phi) is 5.32. The van der Waals surface area contributed by atoms with E-state index in [1.54, 1.807) is 13.2 Å². The standard InChI is InChI=1S/C13H17FN2O2/c1-3-6-16(7-8-18-2)13(17)11-5-4-10(15)9-12(11)14/h3-5,9H,1,6-8,15H2,2H3. The summed E-state index contributed by atoms with van der Waals surface area (Å²) in [5.74, 6) is -1.02. The van der Waals surface area contributed by atoms with Crippen molar-refractivity contribution in [3.05, 3.63) is 42.2 Å². The van der Waals surface area contributed by atoms with E-state index in [0.29, 0.717) is 19.7 Å². The Morgan fingerprint density at radius 2 is 2.33 bits per heavy atom. The fraction of sp³-hybridized carbons (Fsp3) is 0.308. The summed E-state index contributed by atoms with van der Waals surface area (Å²) < 4.78 is 18.6. The second-order valence-corrected chi connectivity index (χ2v) is 3.77. The fourth-order valence-corrected chi connectivity index (χ4v) is 1.51. The molecule has 0 aliphatic heterocycles. The van der Waals surface area contributed by atoms with Crippen molar-refractivity contribution in [2.45, 2.75) is 0 Å². The number of rotatable bonds is 6. The molecule has 1 aromatic rings. The van der Waals surface area contributed by atoms with Gasteiger partial charge in [-0.15, -0.1) is 6.58 Å². The van der Waals surface area contributed by atoms with Crippen molar-refractivity contribution < 1.29 is 13.9 Å². The molecule has 4 nitrogen and oxygen atoms in total. The van der Waals surface area contributed by atoms with E-state index in [9.17, 15) is 9.18 Å². The summed E-state index contributed by atoms with van der Waals surface area (Å²) in [5, 5.41) is 0. The van der Waals surface area contributed by atoms with Crippen molar-refractivity contribution in [2.24, 2.45) is 0 Å². The maximum atomic E-state index is 13.6. The van der Waals surface area contributed by atoms with E-state index in [1.807, 2.05) is 0 Å². The molecule has 0 saturated carbocycles. The van der Waals surface area contributed by atoms with Crippen LogP contribution in [0.25, 0.3) is 0 Å². The molecule has 1 rings (SSSR count). The highest BCUT2D eigenvalue weighted by atomic mass is 19.1. The first kappa shape index (κ1) is 14.2. The lowest BCUT2D eigenvalue weighted by atomic mass is 10.1. The normalized spacial score (nSPS) is 10.1. The third-order valence-electron chi connectivity index (χ3n) is 2.43. The van der Waals surface area contributed by atoms with Crippen LogP contribution in [0.4, 0.5) is 10.1 Å². The molecule has 0 aliphatic carbocycles. The van der Waals surface area contributed by atoms with E-state index >= 15 is 0 Å². The molecule has 0 bridgehead atoms.